The monoisotopic (exact) mass is 351 g/mol. The summed E-state index contributed by atoms with van der Waals surface area (Å²) >= 11 is 1.89. The zero-order valence-electron chi connectivity index (χ0n) is 9.64. The van der Waals surface area contributed by atoms with Crippen molar-refractivity contribution < 1.29 is 9.53 Å². The third-order valence-electron chi connectivity index (χ3n) is 2.00. The van der Waals surface area contributed by atoms with Crippen LogP contribution in [-0.4, -0.2) is 35.2 Å². The molecule has 1 amide bonds. The lowest BCUT2D eigenvalue weighted by Crippen LogP contribution is -2.39. The number of aromatic nitrogens is 2. The van der Waals surface area contributed by atoms with Gasteiger partial charge in [-0.25, -0.2) is 4.98 Å². The lowest BCUT2D eigenvalue weighted by Gasteiger charge is -2.13. The first-order chi connectivity index (χ1) is 8.04. The van der Waals surface area contributed by atoms with Gasteiger partial charge in [-0.1, -0.05) is 0 Å². The van der Waals surface area contributed by atoms with Crippen LogP contribution in [0.15, 0.2) is 17.3 Å². The molecule has 1 rings (SSSR count). The normalized spacial score (nSPS) is 12.2. The van der Waals surface area contributed by atoms with Crippen molar-refractivity contribution in [2.24, 2.45) is 0 Å². The third-order valence-corrected chi connectivity index (χ3v) is 2.74. The Morgan fingerprint density at radius 1 is 1.71 bits per heavy atom. The summed E-state index contributed by atoms with van der Waals surface area (Å²) in [5, 5.41) is 2.72. The zero-order valence-corrected chi connectivity index (χ0v) is 11.8. The number of hydrogen-bond acceptors (Lipinski definition) is 4. The van der Waals surface area contributed by atoms with E-state index in [1.54, 1.807) is 7.11 Å². The van der Waals surface area contributed by atoms with E-state index in [9.17, 15) is 9.59 Å². The van der Waals surface area contributed by atoms with E-state index in [1.807, 2.05) is 29.5 Å². The fraction of sp³-hybridized carbons (Fsp3) is 0.500. The Balaban J connectivity index is 2.62. The number of rotatable bonds is 5. The van der Waals surface area contributed by atoms with Gasteiger partial charge in [-0.05, 0) is 29.5 Å². The lowest BCUT2D eigenvalue weighted by atomic mass is 10.3. The van der Waals surface area contributed by atoms with Crippen molar-refractivity contribution in [2.45, 2.75) is 19.5 Å². The maximum absolute atomic E-state index is 11.6. The average Bonchev–Trinajstić information content (AvgIpc) is 2.25. The maximum atomic E-state index is 11.6. The summed E-state index contributed by atoms with van der Waals surface area (Å²) in [6, 6.07) is -0.0843. The van der Waals surface area contributed by atoms with Gasteiger partial charge in [0.05, 0.1) is 16.5 Å². The molecule has 7 heteroatoms. The first-order valence-corrected chi connectivity index (χ1v) is 6.10. The van der Waals surface area contributed by atoms with E-state index >= 15 is 0 Å². The molecule has 17 heavy (non-hydrogen) atoms. The lowest BCUT2D eigenvalue weighted by molar-refractivity contribution is -0.122. The van der Waals surface area contributed by atoms with Crippen LogP contribution in [0.25, 0.3) is 0 Å². The van der Waals surface area contributed by atoms with Crippen LogP contribution in [0.2, 0.25) is 0 Å². The fourth-order valence-electron chi connectivity index (χ4n) is 1.30. The second kappa shape index (κ2) is 6.70. The summed E-state index contributed by atoms with van der Waals surface area (Å²) < 4.78 is 6.66. The highest BCUT2D eigenvalue weighted by Gasteiger charge is 2.09. The Labute approximate surface area is 113 Å². The van der Waals surface area contributed by atoms with Crippen molar-refractivity contribution in [1.29, 1.82) is 0 Å². The summed E-state index contributed by atoms with van der Waals surface area (Å²) in [6.45, 7) is 2.24. The van der Waals surface area contributed by atoms with Crippen LogP contribution in [0.4, 0.5) is 0 Å². The SMILES string of the molecule is COCC(C)NC(=O)Cn1cncc(I)c1=O. The van der Waals surface area contributed by atoms with Crippen LogP contribution in [0.5, 0.6) is 0 Å². The number of methoxy groups -OCH3 is 1. The Morgan fingerprint density at radius 2 is 2.41 bits per heavy atom. The van der Waals surface area contributed by atoms with E-state index in [1.165, 1.54) is 17.1 Å². The van der Waals surface area contributed by atoms with Gasteiger partial charge in [0, 0.05) is 19.3 Å². The predicted octanol–water partition coefficient (Wildman–Crippen LogP) is -0.001000. The van der Waals surface area contributed by atoms with Crippen LogP contribution >= 0.6 is 22.6 Å². The number of nitrogens with zero attached hydrogens (tertiary/aromatic N) is 2. The van der Waals surface area contributed by atoms with Crippen molar-refractivity contribution in [3.05, 3.63) is 26.4 Å². The molecule has 0 aliphatic heterocycles. The minimum absolute atomic E-state index is 0.0310. The number of carbonyl (C=O) groups excluding carboxylic acids is 1. The van der Waals surface area contributed by atoms with E-state index in [0.717, 1.165) is 0 Å². The molecule has 0 radical (unpaired) electrons. The van der Waals surface area contributed by atoms with E-state index in [0.29, 0.717) is 10.2 Å². The number of amides is 1. The smallest absolute Gasteiger partial charge is 0.267 e. The Bertz CT molecular complexity index is 447. The first-order valence-electron chi connectivity index (χ1n) is 5.03. The van der Waals surface area contributed by atoms with Crippen LogP contribution in [-0.2, 0) is 16.1 Å². The number of ether oxygens (including phenoxy) is 1. The van der Waals surface area contributed by atoms with Gasteiger partial charge in [0.25, 0.3) is 5.56 Å². The molecule has 0 saturated heterocycles. The molecule has 0 aliphatic carbocycles. The minimum atomic E-state index is -0.236. The summed E-state index contributed by atoms with van der Waals surface area (Å²) in [6.07, 6.45) is 2.82. The molecule has 0 spiro atoms. The third kappa shape index (κ3) is 4.43. The van der Waals surface area contributed by atoms with Gasteiger partial charge in [-0.15, -0.1) is 0 Å². The molecule has 94 valence electrons. The zero-order chi connectivity index (χ0) is 12.8. The molecule has 0 bridgehead atoms. The highest BCUT2D eigenvalue weighted by atomic mass is 127. The Kier molecular flexibility index (Phi) is 5.56. The summed E-state index contributed by atoms with van der Waals surface area (Å²) in [5.41, 5.74) is -0.213. The topological polar surface area (TPSA) is 73.2 Å². The van der Waals surface area contributed by atoms with E-state index < -0.39 is 0 Å². The van der Waals surface area contributed by atoms with E-state index in [4.69, 9.17) is 4.74 Å². The van der Waals surface area contributed by atoms with Crippen molar-refractivity contribution in [3.63, 3.8) is 0 Å². The minimum Gasteiger partial charge on any atom is -0.383 e. The van der Waals surface area contributed by atoms with Crippen molar-refractivity contribution in [2.75, 3.05) is 13.7 Å². The van der Waals surface area contributed by atoms with Crippen molar-refractivity contribution in [1.82, 2.24) is 14.9 Å². The number of halogens is 1. The van der Waals surface area contributed by atoms with Gasteiger partial charge in [-0.2, -0.15) is 0 Å². The molecule has 0 aromatic carbocycles. The Hall–Kier alpha value is -0.960. The van der Waals surface area contributed by atoms with Crippen LogP contribution in [0.1, 0.15) is 6.92 Å². The molecule has 1 N–H and O–H groups in total. The van der Waals surface area contributed by atoms with Gasteiger partial charge in [0.2, 0.25) is 5.91 Å². The summed E-state index contributed by atoms with van der Waals surface area (Å²) in [5.74, 6) is -0.236. The van der Waals surface area contributed by atoms with Crippen LogP contribution < -0.4 is 10.9 Å². The molecular weight excluding hydrogens is 337 g/mol. The highest BCUT2D eigenvalue weighted by molar-refractivity contribution is 14.1. The highest BCUT2D eigenvalue weighted by Crippen LogP contribution is 1.93. The van der Waals surface area contributed by atoms with Gasteiger partial charge < -0.3 is 10.1 Å². The van der Waals surface area contributed by atoms with E-state index in [2.05, 4.69) is 10.3 Å². The molecule has 6 nitrogen and oxygen atoms in total. The maximum Gasteiger partial charge on any atom is 0.267 e. The van der Waals surface area contributed by atoms with Crippen molar-refractivity contribution in [3.8, 4) is 0 Å². The molecule has 0 aliphatic rings. The molecular formula is C10H14IN3O3. The number of hydrogen-bond donors (Lipinski definition) is 1. The second-order valence-electron chi connectivity index (χ2n) is 3.60. The van der Waals surface area contributed by atoms with Gasteiger partial charge in [0.1, 0.15) is 6.54 Å². The number of carbonyl (C=O) groups is 1. The van der Waals surface area contributed by atoms with Crippen LogP contribution in [0.3, 0.4) is 0 Å². The molecule has 1 heterocycles. The Morgan fingerprint density at radius 3 is 3.06 bits per heavy atom. The molecule has 1 atom stereocenters. The quantitative estimate of drug-likeness (QED) is 0.758. The summed E-state index contributed by atoms with van der Waals surface area (Å²) in [7, 11) is 1.57. The second-order valence-corrected chi connectivity index (χ2v) is 4.76. The molecule has 1 unspecified atom stereocenters. The predicted molar refractivity (Wildman–Crippen MR) is 70.7 cm³/mol. The largest absolute Gasteiger partial charge is 0.383 e. The molecule has 0 saturated carbocycles. The molecule has 1 aromatic rings. The average molecular weight is 351 g/mol. The summed E-state index contributed by atoms with van der Waals surface area (Å²) in [4.78, 5) is 27.1. The van der Waals surface area contributed by atoms with Gasteiger partial charge in [-0.3, -0.25) is 14.2 Å². The number of nitrogens with one attached hydrogen (secondary N) is 1. The fourth-order valence-corrected chi connectivity index (χ4v) is 1.77. The standard InChI is InChI=1S/C10H14IN3O3/c1-7(5-17-2)13-9(15)4-14-6-12-3-8(11)10(14)16/h3,6-7H,4-5H2,1-2H3,(H,13,15). The molecule has 0 fully saturated rings. The van der Waals surface area contributed by atoms with E-state index in [-0.39, 0.29) is 24.1 Å². The van der Waals surface area contributed by atoms with Crippen LogP contribution in [0, 0.1) is 3.57 Å². The van der Waals surface area contributed by atoms with Gasteiger partial charge in [0.15, 0.2) is 0 Å². The molecule has 1 aromatic heterocycles. The van der Waals surface area contributed by atoms with Crippen molar-refractivity contribution >= 4 is 28.5 Å². The van der Waals surface area contributed by atoms with Gasteiger partial charge >= 0.3 is 0 Å². The first kappa shape index (κ1) is 14.1.